The van der Waals surface area contributed by atoms with Gasteiger partial charge in [-0.25, -0.2) is 0 Å². The highest BCUT2D eigenvalue weighted by molar-refractivity contribution is 6.01. The number of rotatable bonds is 6. The lowest BCUT2D eigenvalue weighted by atomic mass is 9.96. The minimum atomic E-state index is 0.0695. The summed E-state index contributed by atoms with van der Waals surface area (Å²) in [5.41, 5.74) is 5.55. The first-order valence-electron chi connectivity index (χ1n) is 11.8. The number of methoxy groups -OCH3 is 1. The van der Waals surface area contributed by atoms with E-state index in [0.29, 0.717) is 6.61 Å². The van der Waals surface area contributed by atoms with E-state index < -0.39 is 0 Å². The normalized spacial score (nSPS) is 16.8. The monoisotopic (exact) mass is 447 g/mol. The van der Waals surface area contributed by atoms with Gasteiger partial charge < -0.3 is 18.8 Å². The largest absolute Gasteiger partial charge is 0.497 e. The maximum atomic E-state index is 13.1. The molecule has 1 atom stereocenters. The molecule has 0 spiro atoms. The van der Waals surface area contributed by atoms with Crippen LogP contribution in [0.4, 0.5) is 0 Å². The Hall–Kier alpha value is -3.21. The molecule has 1 aliphatic rings. The lowest BCUT2D eigenvalue weighted by Crippen LogP contribution is -2.41. The molecule has 1 unspecified atom stereocenters. The van der Waals surface area contributed by atoms with Crippen LogP contribution in [0.2, 0.25) is 0 Å². The smallest absolute Gasteiger partial charge is 0.247 e. The summed E-state index contributed by atoms with van der Waals surface area (Å²) < 4.78 is 17.5. The minimum absolute atomic E-state index is 0.0695. The van der Waals surface area contributed by atoms with Crippen LogP contribution in [-0.2, 0) is 4.79 Å². The number of likely N-dealkylation sites (tertiary alicyclic amines) is 1. The number of fused-ring (bicyclic) bond motifs is 1. The molecule has 5 nitrogen and oxygen atoms in total. The van der Waals surface area contributed by atoms with E-state index in [4.69, 9.17) is 13.9 Å². The lowest BCUT2D eigenvalue weighted by molar-refractivity contribution is -0.129. The Labute approximate surface area is 196 Å². The summed E-state index contributed by atoms with van der Waals surface area (Å²) in [4.78, 5) is 15.1. The Balaban J connectivity index is 1.82. The van der Waals surface area contributed by atoms with E-state index in [2.05, 4.69) is 13.0 Å². The molecular formula is C28H33NO4. The number of carbonyl (C=O) groups is 1. The first-order chi connectivity index (χ1) is 15.9. The van der Waals surface area contributed by atoms with Crippen LogP contribution in [-0.4, -0.2) is 37.1 Å². The Morgan fingerprint density at radius 2 is 2.09 bits per heavy atom. The average Bonchev–Trinajstić information content (AvgIpc) is 3.25. The molecule has 174 valence electrons. The van der Waals surface area contributed by atoms with Crippen molar-refractivity contribution in [3.05, 3.63) is 53.8 Å². The van der Waals surface area contributed by atoms with Crippen LogP contribution in [0.3, 0.4) is 0 Å². The van der Waals surface area contributed by atoms with Crippen LogP contribution in [0.15, 0.2) is 47.1 Å². The van der Waals surface area contributed by atoms with Crippen molar-refractivity contribution >= 4 is 22.4 Å². The second-order valence-electron chi connectivity index (χ2n) is 8.77. The first kappa shape index (κ1) is 23.0. The van der Waals surface area contributed by atoms with Gasteiger partial charge in [0.1, 0.15) is 17.1 Å². The predicted octanol–water partition coefficient (Wildman–Crippen LogP) is 6.62. The third-order valence-corrected chi connectivity index (χ3v) is 6.56. The predicted molar refractivity (Wildman–Crippen MR) is 133 cm³/mol. The standard InChI is InChI=1S/C28H33NO4/c1-6-32-27-20(4)28-24(25(17-33-28)21-11-9-12-22(15-21)31-5)16-23(27)18(2)14-26(30)29-13-8-7-10-19(29)3/h9,11-12,14-17,19H,6-8,10,13H2,1-5H3/b18-14+. The second kappa shape index (κ2) is 9.74. The van der Waals surface area contributed by atoms with E-state index in [-0.39, 0.29) is 11.9 Å². The van der Waals surface area contributed by atoms with Crippen molar-refractivity contribution in [2.45, 2.75) is 53.0 Å². The van der Waals surface area contributed by atoms with Gasteiger partial charge in [0, 0.05) is 40.7 Å². The average molecular weight is 448 g/mol. The highest BCUT2D eigenvalue weighted by atomic mass is 16.5. The van der Waals surface area contributed by atoms with Crippen molar-refractivity contribution in [3.8, 4) is 22.6 Å². The summed E-state index contributed by atoms with van der Waals surface area (Å²) in [6.45, 7) is 9.46. The van der Waals surface area contributed by atoms with E-state index in [9.17, 15) is 4.79 Å². The second-order valence-corrected chi connectivity index (χ2v) is 8.77. The van der Waals surface area contributed by atoms with Crippen molar-refractivity contribution in [2.75, 3.05) is 20.3 Å². The number of aryl methyl sites for hydroxylation is 1. The molecule has 0 radical (unpaired) electrons. The van der Waals surface area contributed by atoms with Crippen molar-refractivity contribution < 1.29 is 18.7 Å². The Morgan fingerprint density at radius 1 is 1.27 bits per heavy atom. The molecule has 0 saturated carbocycles. The summed E-state index contributed by atoms with van der Waals surface area (Å²) in [6, 6.07) is 10.3. The number of piperidine rings is 1. The molecule has 1 saturated heterocycles. The zero-order valence-corrected chi connectivity index (χ0v) is 20.2. The topological polar surface area (TPSA) is 51.9 Å². The van der Waals surface area contributed by atoms with E-state index >= 15 is 0 Å². The van der Waals surface area contributed by atoms with Crippen LogP contribution < -0.4 is 9.47 Å². The third kappa shape index (κ3) is 4.50. The summed E-state index contributed by atoms with van der Waals surface area (Å²) in [7, 11) is 1.66. The van der Waals surface area contributed by atoms with Gasteiger partial charge in [-0.05, 0) is 76.3 Å². The maximum absolute atomic E-state index is 13.1. The highest BCUT2D eigenvalue weighted by Crippen LogP contribution is 2.41. The van der Waals surface area contributed by atoms with Gasteiger partial charge in [-0.2, -0.15) is 0 Å². The first-order valence-corrected chi connectivity index (χ1v) is 11.8. The fraction of sp³-hybridized carbons (Fsp3) is 0.393. The number of hydrogen-bond donors (Lipinski definition) is 0. The van der Waals surface area contributed by atoms with Gasteiger partial charge in [-0.1, -0.05) is 12.1 Å². The molecule has 2 heterocycles. The van der Waals surface area contributed by atoms with Gasteiger partial charge in [0.05, 0.1) is 20.0 Å². The van der Waals surface area contributed by atoms with Crippen molar-refractivity contribution in [1.29, 1.82) is 0 Å². The Morgan fingerprint density at radius 3 is 2.82 bits per heavy atom. The zero-order valence-electron chi connectivity index (χ0n) is 20.2. The quantitative estimate of drug-likeness (QED) is 0.399. The number of carbonyl (C=O) groups excluding carboxylic acids is 1. The Bertz CT molecular complexity index is 1190. The number of furan rings is 1. The van der Waals surface area contributed by atoms with Crippen molar-refractivity contribution in [1.82, 2.24) is 4.90 Å². The number of benzene rings is 2. The number of allylic oxidation sites excluding steroid dienone is 1. The molecule has 1 fully saturated rings. The van der Waals surface area contributed by atoms with Crippen LogP contribution in [0.1, 0.15) is 51.2 Å². The molecule has 5 heteroatoms. The third-order valence-electron chi connectivity index (χ3n) is 6.56. The molecule has 0 aliphatic carbocycles. The molecule has 33 heavy (non-hydrogen) atoms. The SMILES string of the molecule is CCOc1c(/C(C)=C/C(=O)N2CCCCC2C)cc2c(-c3cccc(OC)c3)coc2c1C. The minimum Gasteiger partial charge on any atom is -0.497 e. The number of amides is 1. The van der Waals surface area contributed by atoms with Crippen LogP contribution in [0, 0.1) is 6.92 Å². The molecule has 0 bridgehead atoms. The zero-order chi connectivity index (χ0) is 23.5. The van der Waals surface area contributed by atoms with E-state index in [0.717, 1.165) is 69.7 Å². The van der Waals surface area contributed by atoms with Gasteiger partial charge in [-0.3, -0.25) is 4.79 Å². The van der Waals surface area contributed by atoms with Crippen molar-refractivity contribution in [2.24, 2.45) is 0 Å². The fourth-order valence-corrected chi connectivity index (χ4v) is 4.72. The molecule has 1 aliphatic heterocycles. The molecule has 0 N–H and O–H groups in total. The molecule has 1 amide bonds. The highest BCUT2D eigenvalue weighted by Gasteiger charge is 2.23. The van der Waals surface area contributed by atoms with Crippen molar-refractivity contribution in [3.63, 3.8) is 0 Å². The van der Waals surface area contributed by atoms with Gasteiger partial charge in [0.25, 0.3) is 0 Å². The van der Waals surface area contributed by atoms with Crippen LogP contribution in [0.5, 0.6) is 11.5 Å². The van der Waals surface area contributed by atoms with Gasteiger partial charge in [-0.15, -0.1) is 0 Å². The number of hydrogen-bond acceptors (Lipinski definition) is 4. The molecule has 3 aromatic rings. The van der Waals surface area contributed by atoms with Crippen LogP contribution >= 0.6 is 0 Å². The summed E-state index contributed by atoms with van der Waals surface area (Å²) in [6.07, 6.45) is 6.86. The van der Waals surface area contributed by atoms with E-state index in [1.165, 1.54) is 6.42 Å². The summed E-state index contributed by atoms with van der Waals surface area (Å²) in [5, 5.41) is 0.991. The van der Waals surface area contributed by atoms with E-state index in [1.807, 2.05) is 49.9 Å². The van der Waals surface area contributed by atoms with Gasteiger partial charge in [0.2, 0.25) is 5.91 Å². The van der Waals surface area contributed by atoms with Gasteiger partial charge >= 0.3 is 0 Å². The van der Waals surface area contributed by atoms with E-state index in [1.54, 1.807) is 19.4 Å². The molecule has 2 aromatic carbocycles. The number of nitrogens with zero attached hydrogens (tertiary/aromatic N) is 1. The summed E-state index contributed by atoms with van der Waals surface area (Å²) >= 11 is 0. The maximum Gasteiger partial charge on any atom is 0.247 e. The lowest BCUT2D eigenvalue weighted by Gasteiger charge is -2.32. The van der Waals surface area contributed by atoms with Gasteiger partial charge in [0.15, 0.2) is 0 Å². The fourth-order valence-electron chi connectivity index (χ4n) is 4.72. The molecule has 1 aromatic heterocycles. The summed E-state index contributed by atoms with van der Waals surface area (Å²) in [5.74, 6) is 1.63. The number of ether oxygens (including phenoxy) is 2. The molecule has 4 rings (SSSR count). The van der Waals surface area contributed by atoms with Crippen LogP contribution in [0.25, 0.3) is 27.7 Å². The molecular weight excluding hydrogens is 414 g/mol. The Kier molecular flexibility index (Phi) is 6.77.